The fourth-order valence-electron chi connectivity index (χ4n) is 1.11. The Morgan fingerprint density at radius 3 is 2.47 bits per heavy atom. The quantitative estimate of drug-likeness (QED) is 0.633. The van der Waals surface area contributed by atoms with Crippen molar-refractivity contribution >= 4 is 5.91 Å². The van der Waals surface area contributed by atoms with E-state index < -0.39 is 0 Å². The molecule has 0 aliphatic rings. The molecule has 0 spiro atoms. The van der Waals surface area contributed by atoms with Crippen molar-refractivity contribution in [2.24, 2.45) is 0 Å². The zero-order chi connectivity index (χ0) is 11.9. The van der Waals surface area contributed by atoms with Crippen LogP contribution >= 0.6 is 0 Å². The van der Waals surface area contributed by atoms with Crippen LogP contribution in [-0.4, -0.2) is 36.1 Å². The highest BCUT2D eigenvalue weighted by atomic mass is 16.5. The molecule has 0 atom stereocenters. The Kier molecular flexibility index (Phi) is 6.25. The molecule has 0 aliphatic carbocycles. The zero-order valence-corrected chi connectivity index (χ0v) is 10.4. The first-order valence-electron chi connectivity index (χ1n) is 5.43. The van der Waals surface area contributed by atoms with E-state index in [0.717, 1.165) is 13.0 Å². The summed E-state index contributed by atoms with van der Waals surface area (Å²) in [6.45, 7) is 13.0. The van der Waals surface area contributed by atoms with Crippen LogP contribution in [0.1, 0.15) is 34.1 Å². The molecule has 0 unspecified atom stereocenters. The second kappa shape index (κ2) is 6.62. The third kappa shape index (κ3) is 7.14. The molecular formula is C12H23NO2. The molecule has 0 N–H and O–H groups in total. The van der Waals surface area contributed by atoms with E-state index in [9.17, 15) is 4.79 Å². The molecule has 0 aromatic rings. The van der Waals surface area contributed by atoms with Crippen molar-refractivity contribution in [3.63, 3.8) is 0 Å². The van der Waals surface area contributed by atoms with Crippen LogP contribution in [0.15, 0.2) is 12.7 Å². The number of hydrogen-bond donors (Lipinski definition) is 0. The molecule has 0 heterocycles. The monoisotopic (exact) mass is 213 g/mol. The van der Waals surface area contributed by atoms with Gasteiger partial charge in [-0.15, -0.1) is 6.58 Å². The number of rotatable bonds is 6. The summed E-state index contributed by atoms with van der Waals surface area (Å²) in [5.41, 5.74) is -0.262. The smallest absolute Gasteiger partial charge is 0.248 e. The number of hydrogen-bond acceptors (Lipinski definition) is 2. The minimum atomic E-state index is -0.262. The van der Waals surface area contributed by atoms with E-state index in [1.54, 1.807) is 11.0 Å². The molecule has 15 heavy (non-hydrogen) atoms. The van der Waals surface area contributed by atoms with Crippen LogP contribution in [0.5, 0.6) is 0 Å². The van der Waals surface area contributed by atoms with E-state index in [0.29, 0.717) is 6.54 Å². The van der Waals surface area contributed by atoms with Gasteiger partial charge in [0.05, 0.1) is 5.60 Å². The van der Waals surface area contributed by atoms with Gasteiger partial charge in [-0.3, -0.25) is 4.79 Å². The molecule has 0 saturated carbocycles. The summed E-state index contributed by atoms with van der Waals surface area (Å²) < 4.78 is 5.44. The number of carbonyl (C=O) groups excluding carboxylic acids is 1. The summed E-state index contributed by atoms with van der Waals surface area (Å²) in [6, 6.07) is 0. The van der Waals surface area contributed by atoms with Gasteiger partial charge in [0.25, 0.3) is 0 Å². The van der Waals surface area contributed by atoms with Crippen LogP contribution in [0.4, 0.5) is 0 Å². The van der Waals surface area contributed by atoms with Crippen LogP contribution in [0.3, 0.4) is 0 Å². The van der Waals surface area contributed by atoms with Crippen molar-refractivity contribution in [3.8, 4) is 0 Å². The summed E-state index contributed by atoms with van der Waals surface area (Å²) in [4.78, 5) is 13.5. The Labute approximate surface area is 93.1 Å². The molecule has 0 aliphatic heterocycles. The molecule has 0 radical (unpaired) electrons. The molecule has 88 valence electrons. The lowest BCUT2D eigenvalue weighted by Crippen LogP contribution is -2.37. The highest BCUT2D eigenvalue weighted by Crippen LogP contribution is 2.07. The van der Waals surface area contributed by atoms with E-state index in [1.165, 1.54) is 0 Å². The molecule has 0 aromatic carbocycles. The third-order valence-electron chi connectivity index (χ3n) is 1.82. The van der Waals surface area contributed by atoms with E-state index >= 15 is 0 Å². The Hall–Kier alpha value is -0.830. The Bertz CT molecular complexity index is 206. The molecule has 0 aromatic heterocycles. The van der Waals surface area contributed by atoms with Crippen molar-refractivity contribution in [2.75, 3.05) is 19.7 Å². The predicted molar refractivity (Wildman–Crippen MR) is 62.8 cm³/mol. The number of ether oxygens (including phenoxy) is 1. The average molecular weight is 213 g/mol. The minimum absolute atomic E-state index is 0.0340. The van der Waals surface area contributed by atoms with Gasteiger partial charge >= 0.3 is 0 Å². The topological polar surface area (TPSA) is 29.5 Å². The van der Waals surface area contributed by atoms with Gasteiger partial charge in [0.1, 0.15) is 6.61 Å². The van der Waals surface area contributed by atoms with E-state index in [-0.39, 0.29) is 18.1 Å². The standard InChI is InChI=1S/C12H23NO2/c1-6-8-13(9-7-2)11(14)10-15-12(3,4)5/h6H,1,7-10H2,2-5H3. The van der Waals surface area contributed by atoms with Gasteiger partial charge in [0.15, 0.2) is 0 Å². The number of nitrogens with zero attached hydrogens (tertiary/aromatic N) is 1. The Morgan fingerprint density at radius 1 is 1.47 bits per heavy atom. The lowest BCUT2D eigenvalue weighted by molar-refractivity contribution is -0.140. The van der Waals surface area contributed by atoms with E-state index in [1.807, 2.05) is 27.7 Å². The fourth-order valence-corrected chi connectivity index (χ4v) is 1.11. The molecule has 0 bridgehead atoms. The first-order chi connectivity index (χ1) is 6.90. The van der Waals surface area contributed by atoms with Gasteiger partial charge < -0.3 is 9.64 Å². The fraction of sp³-hybridized carbons (Fsp3) is 0.750. The Balaban J connectivity index is 4.07. The molecule has 0 rings (SSSR count). The van der Waals surface area contributed by atoms with Crippen LogP contribution in [0.25, 0.3) is 0 Å². The lowest BCUT2D eigenvalue weighted by Gasteiger charge is -2.24. The van der Waals surface area contributed by atoms with Crippen molar-refractivity contribution in [1.82, 2.24) is 4.90 Å². The summed E-state index contributed by atoms with van der Waals surface area (Å²) in [6.07, 6.45) is 2.69. The van der Waals surface area contributed by atoms with Gasteiger partial charge in [0, 0.05) is 13.1 Å². The molecule has 1 amide bonds. The van der Waals surface area contributed by atoms with Crippen LogP contribution in [-0.2, 0) is 9.53 Å². The normalized spacial score (nSPS) is 11.2. The number of carbonyl (C=O) groups is 1. The summed E-state index contributed by atoms with van der Waals surface area (Å²) in [5.74, 6) is 0.0340. The first kappa shape index (κ1) is 14.2. The number of amides is 1. The predicted octanol–water partition coefficient (Wildman–Crippen LogP) is 2.23. The van der Waals surface area contributed by atoms with Gasteiger partial charge in [-0.2, -0.15) is 0 Å². The molecule has 0 fully saturated rings. The van der Waals surface area contributed by atoms with Gasteiger partial charge in [-0.05, 0) is 27.2 Å². The largest absolute Gasteiger partial charge is 0.366 e. The van der Waals surface area contributed by atoms with Crippen molar-refractivity contribution in [3.05, 3.63) is 12.7 Å². The van der Waals surface area contributed by atoms with Crippen molar-refractivity contribution in [1.29, 1.82) is 0 Å². The van der Waals surface area contributed by atoms with Gasteiger partial charge in [-0.25, -0.2) is 0 Å². The molecular weight excluding hydrogens is 190 g/mol. The van der Waals surface area contributed by atoms with Gasteiger partial charge in [-0.1, -0.05) is 13.0 Å². The molecule has 3 nitrogen and oxygen atoms in total. The maximum Gasteiger partial charge on any atom is 0.248 e. The summed E-state index contributed by atoms with van der Waals surface area (Å²) >= 11 is 0. The van der Waals surface area contributed by atoms with Crippen molar-refractivity contribution < 1.29 is 9.53 Å². The highest BCUT2D eigenvalue weighted by Gasteiger charge is 2.16. The lowest BCUT2D eigenvalue weighted by atomic mass is 10.2. The van der Waals surface area contributed by atoms with E-state index in [4.69, 9.17) is 4.74 Å². The zero-order valence-electron chi connectivity index (χ0n) is 10.4. The minimum Gasteiger partial charge on any atom is -0.366 e. The average Bonchev–Trinajstić information content (AvgIpc) is 2.13. The third-order valence-corrected chi connectivity index (χ3v) is 1.82. The SMILES string of the molecule is C=CCN(CCC)C(=O)COC(C)(C)C. The van der Waals surface area contributed by atoms with Crippen LogP contribution in [0, 0.1) is 0 Å². The molecule has 3 heteroatoms. The molecule has 0 saturated heterocycles. The summed E-state index contributed by atoms with van der Waals surface area (Å²) in [7, 11) is 0. The first-order valence-corrected chi connectivity index (χ1v) is 5.43. The van der Waals surface area contributed by atoms with Crippen molar-refractivity contribution in [2.45, 2.75) is 39.7 Å². The van der Waals surface area contributed by atoms with Gasteiger partial charge in [0.2, 0.25) is 5.91 Å². The maximum absolute atomic E-state index is 11.7. The second-order valence-electron chi connectivity index (χ2n) is 4.53. The van der Waals surface area contributed by atoms with Crippen LogP contribution in [0.2, 0.25) is 0 Å². The second-order valence-corrected chi connectivity index (χ2v) is 4.53. The highest BCUT2D eigenvalue weighted by molar-refractivity contribution is 5.77. The summed E-state index contributed by atoms with van der Waals surface area (Å²) in [5, 5.41) is 0. The van der Waals surface area contributed by atoms with E-state index in [2.05, 4.69) is 6.58 Å². The Morgan fingerprint density at radius 2 is 2.07 bits per heavy atom. The maximum atomic E-state index is 11.7. The van der Waals surface area contributed by atoms with Crippen LogP contribution < -0.4 is 0 Å².